The van der Waals surface area contributed by atoms with Gasteiger partial charge in [-0.3, -0.25) is 4.79 Å². The number of hydrogen-bond acceptors (Lipinski definition) is 3. The maximum Gasteiger partial charge on any atom is 0.382 e. The van der Waals surface area contributed by atoms with Gasteiger partial charge in [0.1, 0.15) is 5.82 Å². The van der Waals surface area contributed by atoms with Gasteiger partial charge in [-0.25, -0.2) is 9.18 Å². The Labute approximate surface area is 154 Å². The van der Waals surface area contributed by atoms with Gasteiger partial charge in [0.05, 0.1) is 6.61 Å². The molecule has 2 aromatic rings. The van der Waals surface area contributed by atoms with Gasteiger partial charge in [-0.15, -0.1) is 0 Å². The summed E-state index contributed by atoms with van der Waals surface area (Å²) in [5.41, 5.74) is -0.141. The molecule has 2 aromatic carbocycles. The molecule has 0 aliphatic heterocycles. The lowest BCUT2D eigenvalue weighted by molar-refractivity contribution is -0.173. The van der Waals surface area contributed by atoms with E-state index in [0.29, 0.717) is 11.3 Å². The molecular formula is C20H18F3NO3. The van der Waals surface area contributed by atoms with Crippen LogP contribution >= 0.6 is 0 Å². The number of aryl methyl sites for hydroxylation is 1. The second kappa shape index (κ2) is 8.07. The van der Waals surface area contributed by atoms with Crippen LogP contribution in [0, 0.1) is 12.7 Å². The molecule has 0 radical (unpaired) electrons. The van der Waals surface area contributed by atoms with Crippen LogP contribution in [0.1, 0.15) is 34.0 Å². The van der Waals surface area contributed by atoms with Crippen LogP contribution in [0.2, 0.25) is 0 Å². The van der Waals surface area contributed by atoms with E-state index in [1.165, 1.54) is 44.2 Å². The van der Waals surface area contributed by atoms with Gasteiger partial charge in [0.25, 0.3) is 5.91 Å². The third kappa shape index (κ3) is 4.36. The second-order valence-electron chi connectivity index (χ2n) is 5.72. The van der Waals surface area contributed by atoms with Crippen molar-refractivity contribution >= 4 is 23.6 Å². The molecule has 0 spiro atoms. The number of amides is 1. The number of carbonyl (C=O) groups excluding carboxylic acids is 2. The molecule has 0 atom stereocenters. The first-order valence-electron chi connectivity index (χ1n) is 8.10. The highest BCUT2D eigenvalue weighted by molar-refractivity contribution is 6.04. The minimum Gasteiger partial charge on any atom is -0.461 e. The quantitative estimate of drug-likeness (QED) is 0.744. The van der Waals surface area contributed by atoms with Crippen molar-refractivity contribution in [3.05, 3.63) is 71.0 Å². The molecule has 4 nitrogen and oxygen atoms in total. The molecule has 0 fully saturated rings. The van der Waals surface area contributed by atoms with Gasteiger partial charge in [0.15, 0.2) is 0 Å². The molecule has 142 valence electrons. The number of rotatable bonds is 6. The minimum atomic E-state index is -3.94. The predicted octanol–water partition coefficient (Wildman–Crippen LogP) is 4.68. The predicted molar refractivity (Wildman–Crippen MR) is 96.2 cm³/mol. The molecule has 0 aliphatic carbocycles. The maximum absolute atomic E-state index is 14.5. The van der Waals surface area contributed by atoms with Crippen LogP contribution in [0.15, 0.2) is 43.0 Å². The summed E-state index contributed by atoms with van der Waals surface area (Å²) in [4.78, 5) is 24.0. The average Bonchev–Trinajstić information content (AvgIpc) is 2.64. The summed E-state index contributed by atoms with van der Waals surface area (Å²) in [6, 6.07) is 7.46. The molecule has 0 saturated heterocycles. The Balaban J connectivity index is 2.38. The van der Waals surface area contributed by atoms with Crippen molar-refractivity contribution in [2.45, 2.75) is 19.8 Å². The van der Waals surface area contributed by atoms with Crippen molar-refractivity contribution in [2.24, 2.45) is 0 Å². The van der Waals surface area contributed by atoms with E-state index in [1.807, 2.05) is 0 Å². The molecule has 7 heteroatoms. The lowest BCUT2D eigenvalue weighted by Crippen LogP contribution is -2.29. The highest BCUT2D eigenvalue weighted by Crippen LogP contribution is 2.33. The molecule has 2 rings (SSSR count). The van der Waals surface area contributed by atoms with Crippen molar-refractivity contribution < 1.29 is 27.5 Å². The van der Waals surface area contributed by atoms with Crippen LogP contribution in [-0.2, 0) is 15.5 Å². The van der Waals surface area contributed by atoms with Crippen molar-refractivity contribution in [3.8, 4) is 0 Å². The zero-order valence-electron chi connectivity index (χ0n) is 14.8. The summed E-state index contributed by atoms with van der Waals surface area (Å²) < 4.78 is 46.6. The van der Waals surface area contributed by atoms with E-state index in [9.17, 15) is 22.8 Å². The molecule has 0 aliphatic rings. The van der Waals surface area contributed by atoms with Crippen LogP contribution < -0.4 is 5.32 Å². The Morgan fingerprint density at radius 1 is 1.22 bits per heavy atom. The van der Waals surface area contributed by atoms with Crippen LogP contribution in [-0.4, -0.2) is 18.5 Å². The Morgan fingerprint density at radius 3 is 2.52 bits per heavy atom. The van der Waals surface area contributed by atoms with E-state index in [0.717, 1.165) is 12.1 Å². The molecule has 27 heavy (non-hydrogen) atoms. The van der Waals surface area contributed by atoms with E-state index in [2.05, 4.69) is 16.6 Å². The second-order valence-corrected chi connectivity index (χ2v) is 5.72. The number of nitrogens with one attached hydrogen (secondary N) is 1. The largest absolute Gasteiger partial charge is 0.461 e. The van der Waals surface area contributed by atoms with Gasteiger partial charge in [-0.1, -0.05) is 18.7 Å². The van der Waals surface area contributed by atoms with Gasteiger partial charge >= 0.3 is 11.9 Å². The van der Waals surface area contributed by atoms with Crippen molar-refractivity contribution in [3.63, 3.8) is 0 Å². The fraction of sp³-hybridized carbons (Fsp3) is 0.200. The SMILES string of the molecule is C=Cc1ccc(C(=O)Nc2ccc(F)c(C)c2)cc1C(F)(F)C(=O)OCC. The summed E-state index contributed by atoms with van der Waals surface area (Å²) in [5.74, 6) is -6.76. The third-order valence-electron chi connectivity index (χ3n) is 3.82. The Morgan fingerprint density at radius 2 is 1.93 bits per heavy atom. The van der Waals surface area contributed by atoms with E-state index < -0.39 is 29.2 Å². The number of alkyl halides is 2. The fourth-order valence-electron chi connectivity index (χ4n) is 2.40. The zero-order chi connectivity index (χ0) is 20.2. The summed E-state index contributed by atoms with van der Waals surface area (Å²) >= 11 is 0. The van der Waals surface area contributed by atoms with Crippen LogP contribution in [0.25, 0.3) is 6.08 Å². The molecule has 0 saturated carbocycles. The molecule has 0 aromatic heterocycles. The number of hydrogen-bond donors (Lipinski definition) is 1. The van der Waals surface area contributed by atoms with Crippen LogP contribution in [0.3, 0.4) is 0 Å². The third-order valence-corrected chi connectivity index (χ3v) is 3.82. The Kier molecular flexibility index (Phi) is 6.05. The molecule has 0 bridgehead atoms. The van der Waals surface area contributed by atoms with E-state index >= 15 is 0 Å². The summed E-state index contributed by atoms with van der Waals surface area (Å²) in [6.45, 7) is 6.19. The number of benzene rings is 2. The maximum atomic E-state index is 14.5. The van der Waals surface area contributed by atoms with Gasteiger partial charge in [0.2, 0.25) is 0 Å². The normalized spacial score (nSPS) is 11.0. The van der Waals surface area contributed by atoms with Gasteiger partial charge < -0.3 is 10.1 Å². The molecule has 1 amide bonds. The van der Waals surface area contributed by atoms with Crippen LogP contribution in [0.4, 0.5) is 18.9 Å². The van der Waals surface area contributed by atoms with E-state index in [4.69, 9.17) is 0 Å². The number of esters is 1. The topological polar surface area (TPSA) is 55.4 Å². The average molecular weight is 377 g/mol. The first-order chi connectivity index (χ1) is 12.7. The molecule has 1 N–H and O–H groups in total. The highest BCUT2D eigenvalue weighted by Gasteiger charge is 2.44. The smallest absolute Gasteiger partial charge is 0.382 e. The zero-order valence-corrected chi connectivity index (χ0v) is 14.8. The first kappa shape index (κ1) is 20.2. The summed E-state index contributed by atoms with van der Waals surface area (Å²) in [7, 11) is 0. The number of anilines is 1. The summed E-state index contributed by atoms with van der Waals surface area (Å²) in [6.07, 6.45) is 1.16. The van der Waals surface area contributed by atoms with Gasteiger partial charge in [-0.2, -0.15) is 8.78 Å². The lowest BCUT2D eigenvalue weighted by atomic mass is 9.98. The van der Waals surface area contributed by atoms with Gasteiger partial charge in [0, 0.05) is 16.8 Å². The van der Waals surface area contributed by atoms with Crippen LogP contribution in [0.5, 0.6) is 0 Å². The van der Waals surface area contributed by atoms with E-state index in [-0.39, 0.29) is 17.7 Å². The monoisotopic (exact) mass is 377 g/mol. The standard InChI is InChI=1S/C20H18F3NO3/c1-4-13-6-7-14(11-16(13)20(22,23)19(26)27-5-2)18(25)24-15-8-9-17(21)12(3)10-15/h4,6-11H,1,5H2,2-3H3,(H,24,25). The number of carbonyl (C=O) groups is 2. The van der Waals surface area contributed by atoms with Crippen molar-refractivity contribution in [2.75, 3.05) is 11.9 Å². The Hall–Kier alpha value is -3.09. The number of halogens is 3. The van der Waals surface area contributed by atoms with Crippen molar-refractivity contribution in [1.29, 1.82) is 0 Å². The first-order valence-corrected chi connectivity index (χ1v) is 8.10. The van der Waals surface area contributed by atoms with E-state index in [1.54, 1.807) is 0 Å². The highest BCUT2D eigenvalue weighted by atomic mass is 19.3. The number of ether oxygens (including phenoxy) is 1. The lowest BCUT2D eigenvalue weighted by Gasteiger charge is -2.18. The molecular weight excluding hydrogens is 359 g/mol. The minimum absolute atomic E-state index is 0.00206. The van der Waals surface area contributed by atoms with Crippen molar-refractivity contribution in [1.82, 2.24) is 0 Å². The molecule has 0 unspecified atom stereocenters. The molecule has 0 heterocycles. The summed E-state index contributed by atoms with van der Waals surface area (Å²) in [5, 5.41) is 2.50. The van der Waals surface area contributed by atoms with Gasteiger partial charge in [-0.05, 0) is 55.3 Å². The fourth-order valence-corrected chi connectivity index (χ4v) is 2.40. The Bertz CT molecular complexity index is 894.